The Hall–Kier alpha value is -1.43. The van der Waals surface area contributed by atoms with E-state index in [0.717, 1.165) is 37.6 Å². The van der Waals surface area contributed by atoms with Gasteiger partial charge in [0.1, 0.15) is 5.75 Å². The Morgan fingerprint density at radius 2 is 2.19 bits per heavy atom. The summed E-state index contributed by atoms with van der Waals surface area (Å²) in [5.74, 6) is 0.910. The molecule has 5 heteroatoms. The second-order valence-corrected chi connectivity index (χ2v) is 6.26. The van der Waals surface area contributed by atoms with E-state index in [9.17, 15) is 0 Å². The van der Waals surface area contributed by atoms with Crippen LogP contribution in [0.2, 0.25) is 0 Å². The molecule has 2 heterocycles. The lowest BCUT2D eigenvalue weighted by Gasteiger charge is -2.36. The number of aromatic nitrogens is 1. The number of piperazine rings is 1. The quantitative estimate of drug-likeness (QED) is 0.942. The predicted octanol–water partition coefficient (Wildman–Crippen LogP) is 2.61. The zero-order valence-electron chi connectivity index (χ0n) is 12.5. The van der Waals surface area contributed by atoms with Crippen molar-refractivity contribution in [3.8, 4) is 5.75 Å². The molecule has 1 saturated heterocycles. The molecule has 0 amide bonds. The number of hydrogen-bond acceptors (Lipinski definition) is 5. The second-order valence-electron chi connectivity index (χ2n) is 5.32. The number of ether oxygens (including phenoxy) is 1. The Labute approximate surface area is 129 Å². The molecule has 3 rings (SSSR count). The van der Waals surface area contributed by atoms with Gasteiger partial charge < -0.3 is 10.1 Å². The van der Waals surface area contributed by atoms with Gasteiger partial charge in [0.15, 0.2) is 0 Å². The third kappa shape index (κ3) is 3.26. The molecule has 1 atom stereocenters. The number of aryl methyl sites for hydroxylation is 1. The molecule has 0 bridgehead atoms. The maximum Gasteiger partial charge on any atom is 0.118 e. The zero-order valence-corrected chi connectivity index (χ0v) is 13.3. The molecule has 1 aromatic heterocycles. The third-order valence-electron chi connectivity index (χ3n) is 4.05. The van der Waals surface area contributed by atoms with E-state index >= 15 is 0 Å². The summed E-state index contributed by atoms with van der Waals surface area (Å²) in [6.45, 7) is 6.17. The van der Waals surface area contributed by atoms with Crippen molar-refractivity contribution in [3.05, 3.63) is 45.9 Å². The Morgan fingerprint density at radius 3 is 2.86 bits per heavy atom. The first kappa shape index (κ1) is 14.5. The van der Waals surface area contributed by atoms with E-state index in [-0.39, 0.29) is 0 Å². The van der Waals surface area contributed by atoms with Crippen LogP contribution in [0.1, 0.15) is 22.2 Å². The van der Waals surface area contributed by atoms with Crippen molar-refractivity contribution in [2.75, 3.05) is 26.7 Å². The van der Waals surface area contributed by atoms with Crippen LogP contribution in [-0.2, 0) is 6.54 Å². The average Bonchev–Trinajstić information content (AvgIpc) is 2.93. The first-order valence-corrected chi connectivity index (χ1v) is 8.13. The average molecular weight is 303 g/mol. The molecule has 0 aliphatic carbocycles. The minimum absolute atomic E-state index is 0.408. The highest BCUT2D eigenvalue weighted by molar-refractivity contribution is 7.09. The van der Waals surface area contributed by atoms with Crippen molar-refractivity contribution >= 4 is 11.3 Å². The van der Waals surface area contributed by atoms with E-state index in [1.807, 2.05) is 17.6 Å². The van der Waals surface area contributed by atoms with Crippen LogP contribution in [0.25, 0.3) is 0 Å². The Morgan fingerprint density at radius 1 is 1.38 bits per heavy atom. The molecule has 1 fully saturated rings. The molecule has 1 N–H and O–H groups in total. The summed E-state index contributed by atoms with van der Waals surface area (Å²) in [5, 5.41) is 3.50. The molecule has 21 heavy (non-hydrogen) atoms. The molecule has 1 aliphatic heterocycles. The third-order valence-corrected chi connectivity index (χ3v) is 4.97. The van der Waals surface area contributed by atoms with Gasteiger partial charge in [-0.3, -0.25) is 4.90 Å². The van der Waals surface area contributed by atoms with Crippen LogP contribution in [0, 0.1) is 6.92 Å². The lowest BCUT2D eigenvalue weighted by molar-refractivity contribution is 0.155. The van der Waals surface area contributed by atoms with Crippen molar-refractivity contribution < 1.29 is 4.74 Å². The number of methoxy groups -OCH3 is 1. The Balaban J connectivity index is 1.78. The number of hydrogen-bond donors (Lipinski definition) is 1. The highest BCUT2D eigenvalue weighted by atomic mass is 32.1. The molecule has 0 spiro atoms. The van der Waals surface area contributed by atoms with Gasteiger partial charge in [0, 0.05) is 37.1 Å². The van der Waals surface area contributed by atoms with Gasteiger partial charge in [0.2, 0.25) is 0 Å². The molecule has 1 aliphatic rings. The highest BCUT2D eigenvalue weighted by Crippen LogP contribution is 2.27. The molecule has 0 unspecified atom stereocenters. The van der Waals surface area contributed by atoms with Crippen LogP contribution in [-0.4, -0.2) is 36.6 Å². The number of rotatable bonds is 4. The van der Waals surface area contributed by atoms with E-state index in [1.54, 1.807) is 18.4 Å². The van der Waals surface area contributed by atoms with Crippen LogP contribution in [0.15, 0.2) is 29.8 Å². The fourth-order valence-corrected chi connectivity index (χ4v) is 3.55. The standard InChI is InChI=1S/C16H21N3OS/c1-12-16(21-11-18-12)10-19-8-7-17-9-15(19)13-3-5-14(20-2)6-4-13/h3-6,11,15,17H,7-10H2,1-2H3/t15-/m1/s1. The monoisotopic (exact) mass is 303 g/mol. The van der Waals surface area contributed by atoms with Gasteiger partial charge in [-0.15, -0.1) is 11.3 Å². The molecule has 1 aromatic carbocycles. The highest BCUT2D eigenvalue weighted by Gasteiger charge is 2.24. The van der Waals surface area contributed by atoms with Crippen LogP contribution < -0.4 is 10.1 Å². The van der Waals surface area contributed by atoms with Crippen LogP contribution in [0.4, 0.5) is 0 Å². The summed E-state index contributed by atoms with van der Waals surface area (Å²) in [6, 6.07) is 8.83. The summed E-state index contributed by atoms with van der Waals surface area (Å²) in [5.41, 5.74) is 4.44. The summed E-state index contributed by atoms with van der Waals surface area (Å²) in [6.07, 6.45) is 0. The molecule has 2 aromatic rings. The fraction of sp³-hybridized carbons (Fsp3) is 0.438. The van der Waals surface area contributed by atoms with Crippen LogP contribution in [0.3, 0.4) is 0 Å². The molecular weight excluding hydrogens is 282 g/mol. The first-order chi connectivity index (χ1) is 10.3. The Bertz CT molecular complexity index is 581. The van der Waals surface area contributed by atoms with E-state index in [1.165, 1.54) is 10.4 Å². The number of nitrogens with zero attached hydrogens (tertiary/aromatic N) is 2. The second kappa shape index (κ2) is 6.56. The van der Waals surface area contributed by atoms with E-state index < -0.39 is 0 Å². The van der Waals surface area contributed by atoms with Gasteiger partial charge in [0.05, 0.1) is 18.3 Å². The molecular formula is C16H21N3OS. The normalized spacial score (nSPS) is 19.6. The molecule has 0 saturated carbocycles. The smallest absolute Gasteiger partial charge is 0.118 e. The maximum atomic E-state index is 5.25. The summed E-state index contributed by atoms with van der Waals surface area (Å²) in [7, 11) is 1.70. The van der Waals surface area contributed by atoms with Gasteiger partial charge in [-0.1, -0.05) is 12.1 Å². The molecule has 4 nitrogen and oxygen atoms in total. The van der Waals surface area contributed by atoms with Gasteiger partial charge >= 0.3 is 0 Å². The summed E-state index contributed by atoms with van der Waals surface area (Å²) in [4.78, 5) is 8.27. The lowest BCUT2D eigenvalue weighted by atomic mass is 10.0. The van der Waals surface area contributed by atoms with Gasteiger partial charge in [-0.25, -0.2) is 4.98 Å². The fourth-order valence-electron chi connectivity index (χ4n) is 2.75. The molecule has 112 valence electrons. The van der Waals surface area contributed by atoms with E-state index in [2.05, 4.69) is 34.3 Å². The van der Waals surface area contributed by atoms with Crippen molar-refractivity contribution in [3.63, 3.8) is 0 Å². The van der Waals surface area contributed by atoms with E-state index in [4.69, 9.17) is 4.74 Å². The summed E-state index contributed by atoms with van der Waals surface area (Å²) >= 11 is 1.75. The minimum atomic E-state index is 0.408. The zero-order chi connectivity index (χ0) is 14.7. The van der Waals surface area contributed by atoms with Gasteiger partial charge in [-0.05, 0) is 24.6 Å². The van der Waals surface area contributed by atoms with Crippen LogP contribution in [0.5, 0.6) is 5.75 Å². The van der Waals surface area contributed by atoms with Gasteiger partial charge in [0.25, 0.3) is 0 Å². The summed E-state index contributed by atoms with van der Waals surface area (Å²) < 4.78 is 5.25. The van der Waals surface area contributed by atoms with Gasteiger partial charge in [-0.2, -0.15) is 0 Å². The maximum absolute atomic E-state index is 5.25. The van der Waals surface area contributed by atoms with Crippen LogP contribution >= 0.6 is 11.3 Å². The van der Waals surface area contributed by atoms with Crippen molar-refractivity contribution in [2.45, 2.75) is 19.5 Å². The van der Waals surface area contributed by atoms with Crippen molar-refractivity contribution in [1.29, 1.82) is 0 Å². The number of thiazole rings is 1. The SMILES string of the molecule is COc1ccc([C@H]2CNCCN2Cc2scnc2C)cc1. The lowest BCUT2D eigenvalue weighted by Crippen LogP contribution is -2.45. The van der Waals surface area contributed by atoms with Crippen molar-refractivity contribution in [1.82, 2.24) is 15.2 Å². The largest absolute Gasteiger partial charge is 0.497 e. The first-order valence-electron chi connectivity index (χ1n) is 7.25. The molecule has 0 radical (unpaired) electrons. The minimum Gasteiger partial charge on any atom is -0.497 e. The van der Waals surface area contributed by atoms with Crippen molar-refractivity contribution in [2.24, 2.45) is 0 Å². The topological polar surface area (TPSA) is 37.4 Å². The van der Waals surface area contributed by atoms with E-state index in [0.29, 0.717) is 6.04 Å². The predicted molar refractivity (Wildman–Crippen MR) is 85.9 cm³/mol. The Kier molecular flexibility index (Phi) is 4.53. The number of benzene rings is 1. The number of nitrogens with one attached hydrogen (secondary N) is 1.